The quantitative estimate of drug-likeness (QED) is 0.695. The molecule has 0 fully saturated rings. The smallest absolute Gasteiger partial charge is 0.272 e. The van der Waals surface area contributed by atoms with Gasteiger partial charge in [0.15, 0.2) is 0 Å². The van der Waals surface area contributed by atoms with Crippen molar-refractivity contribution in [3.8, 4) is 0 Å². The van der Waals surface area contributed by atoms with Crippen molar-refractivity contribution in [1.29, 1.82) is 0 Å². The molecule has 1 aliphatic heterocycles. The molecule has 0 saturated heterocycles. The van der Waals surface area contributed by atoms with Gasteiger partial charge < -0.3 is 0 Å². The molecule has 1 heterocycles. The Bertz CT molecular complexity index is 481. The van der Waals surface area contributed by atoms with Gasteiger partial charge in [-0.25, -0.2) is 0 Å². The lowest BCUT2D eigenvalue weighted by Crippen LogP contribution is -2.19. The number of hydrazone groups is 1. The van der Waals surface area contributed by atoms with E-state index in [0.29, 0.717) is 5.69 Å². The first-order valence-corrected chi connectivity index (χ1v) is 4.55. The first kappa shape index (κ1) is 10.2. The van der Waals surface area contributed by atoms with Crippen LogP contribution < -0.4 is 5.01 Å². The molecule has 0 aromatic heterocycles. The van der Waals surface area contributed by atoms with Crippen LogP contribution in [0.2, 0.25) is 0 Å². The van der Waals surface area contributed by atoms with Gasteiger partial charge >= 0.3 is 5.91 Å². The van der Waals surface area contributed by atoms with Gasteiger partial charge in [0.05, 0.1) is 12.1 Å². The second-order valence-corrected chi connectivity index (χ2v) is 3.16. The number of nitroso groups, excluding NO2 is 1. The fourth-order valence-corrected chi connectivity index (χ4v) is 1.37. The highest BCUT2D eigenvalue weighted by Gasteiger charge is 2.29. The third kappa shape index (κ3) is 1.72. The summed E-state index contributed by atoms with van der Waals surface area (Å²) in [6.45, 7) is 0. The number of para-hydroxylation sites is 1. The van der Waals surface area contributed by atoms with E-state index in [-0.39, 0.29) is 18.0 Å². The molecular formula is C10H7N3O3. The van der Waals surface area contributed by atoms with E-state index in [2.05, 4.69) is 10.3 Å². The Hall–Kier alpha value is -2.37. The third-order valence-corrected chi connectivity index (χ3v) is 2.11. The van der Waals surface area contributed by atoms with Crippen molar-refractivity contribution in [3.05, 3.63) is 35.2 Å². The minimum Gasteiger partial charge on any atom is -0.272 e. The topological polar surface area (TPSA) is 79.2 Å². The second-order valence-electron chi connectivity index (χ2n) is 3.16. The first-order chi connectivity index (χ1) is 7.72. The van der Waals surface area contributed by atoms with Crippen LogP contribution in [0.3, 0.4) is 0 Å². The molecule has 6 heteroatoms. The monoisotopic (exact) mass is 217 g/mol. The number of anilines is 1. The van der Waals surface area contributed by atoms with E-state index >= 15 is 0 Å². The highest BCUT2D eigenvalue weighted by molar-refractivity contribution is 6.44. The van der Waals surface area contributed by atoms with Crippen LogP contribution in [0.5, 0.6) is 0 Å². The maximum atomic E-state index is 11.5. The average molecular weight is 217 g/mol. The standard InChI is InChI=1S/C10H7N3O3/c14-9-6-8(10(15)12-16)11-13(9)7-4-2-1-3-5-7/h1-5H,6H2. The number of hydrogen-bond donors (Lipinski definition) is 0. The Morgan fingerprint density at radius 2 is 2.00 bits per heavy atom. The van der Waals surface area contributed by atoms with Crippen molar-refractivity contribution in [2.24, 2.45) is 10.3 Å². The Labute approximate surface area is 90.5 Å². The third-order valence-electron chi connectivity index (χ3n) is 2.11. The average Bonchev–Trinajstić information content (AvgIpc) is 2.71. The molecule has 0 saturated carbocycles. The van der Waals surface area contributed by atoms with Crippen molar-refractivity contribution in [1.82, 2.24) is 0 Å². The van der Waals surface area contributed by atoms with Crippen LogP contribution in [-0.4, -0.2) is 17.5 Å². The molecule has 2 rings (SSSR count). The molecule has 0 unspecified atom stereocenters. The lowest BCUT2D eigenvalue weighted by molar-refractivity contribution is -0.117. The van der Waals surface area contributed by atoms with E-state index in [0.717, 1.165) is 5.01 Å². The number of amides is 2. The molecule has 0 bridgehead atoms. The van der Waals surface area contributed by atoms with E-state index in [9.17, 15) is 14.5 Å². The van der Waals surface area contributed by atoms with Gasteiger partial charge in [-0.15, -0.1) is 4.91 Å². The van der Waals surface area contributed by atoms with Crippen LogP contribution in [0, 0.1) is 4.91 Å². The van der Waals surface area contributed by atoms with Crippen LogP contribution in [0.15, 0.2) is 40.6 Å². The van der Waals surface area contributed by atoms with Gasteiger partial charge in [0.2, 0.25) is 0 Å². The lowest BCUT2D eigenvalue weighted by atomic mass is 10.2. The normalized spacial score (nSPS) is 14.9. The first-order valence-electron chi connectivity index (χ1n) is 4.55. The summed E-state index contributed by atoms with van der Waals surface area (Å²) >= 11 is 0. The minimum atomic E-state index is -0.994. The highest BCUT2D eigenvalue weighted by Crippen LogP contribution is 2.19. The summed E-state index contributed by atoms with van der Waals surface area (Å²) < 4.78 is 0. The minimum absolute atomic E-state index is 0.121. The number of carbonyl (C=O) groups excluding carboxylic acids is 2. The van der Waals surface area contributed by atoms with Crippen LogP contribution in [0.1, 0.15) is 6.42 Å². The van der Waals surface area contributed by atoms with Gasteiger partial charge in [-0.2, -0.15) is 10.1 Å². The molecular weight excluding hydrogens is 210 g/mol. The molecule has 80 valence electrons. The van der Waals surface area contributed by atoms with Gasteiger partial charge in [-0.1, -0.05) is 18.2 Å². The number of hydrogen-bond acceptors (Lipinski definition) is 4. The predicted molar refractivity (Wildman–Crippen MR) is 56.8 cm³/mol. The van der Waals surface area contributed by atoms with Crippen molar-refractivity contribution >= 4 is 23.2 Å². The maximum absolute atomic E-state index is 11.5. The fraction of sp³-hybridized carbons (Fsp3) is 0.100. The van der Waals surface area contributed by atoms with Crippen molar-refractivity contribution < 1.29 is 9.59 Å². The lowest BCUT2D eigenvalue weighted by Gasteiger charge is -2.10. The fourth-order valence-electron chi connectivity index (χ4n) is 1.37. The maximum Gasteiger partial charge on any atom is 0.333 e. The molecule has 6 nitrogen and oxygen atoms in total. The summed E-state index contributed by atoms with van der Waals surface area (Å²) in [6, 6.07) is 8.66. The van der Waals surface area contributed by atoms with Gasteiger partial charge in [0.25, 0.3) is 5.91 Å². The van der Waals surface area contributed by atoms with Crippen LogP contribution >= 0.6 is 0 Å². The van der Waals surface area contributed by atoms with E-state index in [1.54, 1.807) is 30.3 Å². The van der Waals surface area contributed by atoms with Gasteiger partial charge in [-0.3, -0.25) is 9.59 Å². The predicted octanol–water partition coefficient (Wildman–Crippen LogP) is 1.07. The summed E-state index contributed by atoms with van der Waals surface area (Å²) in [4.78, 5) is 32.5. The second kappa shape index (κ2) is 4.01. The molecule has 1 aliphatic rings. The van der Waals surface area contributed by atoms with Gasteiger partial charge in [0, 0.05) is 5.18 Å². The Balaban J connectivity index is 2.31. The molecule has 2 amide bonds. The molecule has 0 spiro atoms. The zero-order chi connectivity index (χ0) is 11.5. The zero-order valence-electron chi connectivity index (χ0n) is 8.16. The van der Waals surface area contributed by atoms with Crippen LogP contribution in [0.25, 0.3) is 0 Å². The Morgan fingerprint density at radius 1 is 1.31 bits per heavy atom. The van der Waals surface area contributed by atoms with Crippen LogP contribution in [0.4, 0.5) is 5.69 Å². The number of benzene rings is 1. The number of rotatable bonds is 2. The van der Waals surface area contributed by atoms with E-state index in [4.69, 9.17) is 0 Å². The molecule has 16 heavy (non-hydrogen) atoms. The van der Waals surface area contributed by atoms with Crippen molar-refractivity contribution in [2.45, 2.75) is 6.42 Å². The SMILES string of the molecule is O=NC(=O)C1=NN(c2ccccc2)C(=O)C1. The molecule has 0 N–H and O–H groups in total. The zero-order valence-corrected chi connectivity index (χ0v) is 8.16. The summed E-state index contributed by atoms with van der Waals surface area (Å²) in [7, 11) is 0. The Morgan fingerprint density at radius 3 is 2.62 bits per heavy atom. The van der Waals surface area contributed by atoms with E-state index < -0.39 is 5.91 Å². The summed E-state index contributed by atoms with van der Waals surface area (Å²) in [5.41, 5.74) is 0.435. The molecule has 0 atom stereocenters. The number of carbonyl (C=O) groups is 2. The van der Waals surface area contributed by atoms with Gasteiger partial charge in [-0.05, 0) is 12.1 Å². The summed E-state index contributed by atoms with van der Waals surface area (Å²) in [5, 5.41) is 7.10. The molecule has 0 radical (unpaired) electrons. The molecule has 1 aromatic carbocycles. The summed E-state index contributed by atoms with van der Waals surface area (Å²) in [6.07, 6.45) is -0.181. The highest BCUT2D eigenvalue weighted by atomic mass is 16.3. The van der Waals surface area contributed by atoms with E-state index in [1.165, 1.54) is 0 Å². The van der Waals surface area contributed by atoms with E-state index in [1.807, 2.05) is 0 Å². The number of nitrogens with zero attached hydrogens (tertiary/aromatic N) is 3. The molecule has 1 aromatic rings. The molecule has 0 aliphatic carbocycles. The van der Waals surface area contributed by atoms with Crippen molar-refractivity contribution in [2.75, 3.05) is 5.01 Å². The van der Waals surface area contributed by atoms with Gasteiger partial charge in [0.1, 0.15) is 5.71 Å². The Kier molecular flexibility index (Phi) is 2.55. The van der Waals surface area contributed by atoms with Crippen LogP contribution in [-0.2, 0) is 9.59 Å². The van der Waals surface area contributed by atoms with Crippen molar-refractivity contribution in [3.63, 3.8) is 0 Å². The summed E-state index contributed by atoms with van der Waals surface area (Å²) in [5.74, 6) is -1.34. The largest absolute Gasteiger partial charge is 0.333 e.